The lowest BCUT2D eigenvalue weighted by Crippen LogP contribution is -2.35. The minimum absolute atomic E-state index is 0.00105. The van der Waals surface area contributed by atoms with E-state index in [1.807, 2.05) is 69.3 Å². The van der Waals surface area contributed by atoms with Crippen molar-refractivity contribution in [1.29, 1.82) is 0 Å². The highest BCUT2D eigenvalue weighted by molar-refractivity contribution is 5.92. The van der Waals surface area contributed by atoms with Gasteiger partial charge in [-0.3, -0.25) is 9.59 Å². The quantitative estimate of drug-likeness (QED) is 0.738. The van der Waals surface area contributed by atoms with Crippen molar-refractivity contribution in [1.82, 2.24) is 5.32 Å². The predicted molar refractivity (Wildman–Crippen MR) is 108 cm³/mol. The van der Waals surface area contributed by atoms with Crippen LogP contribution in [0.3, 0.4) is 0 Å². The fraction of sp³-hybridized carbons (Fsp3) is 0.364. The summed E-state index contributed by atoms with van der Waals surface area (Å²) in [4.78, 5) is 24.3. The summed E-state index contributed by atoms with van der Waals surface area (Å²) in [6.45, 7) is 7.95. The Labute approximate surface area is 161 Å². The van der Waals surface area contributed by atoms with Crippen LogP contribution in [0.5, 0.6) is 5.75 Å². The first-order valence-electron chi connectivity index (χ1n) is 9.30. The normalized spacial score (nSPS) is 12.7. The first-order chi connectivity index (χ1) is 12.9. The summed E-state index contributed by atoms with van der Waals surface area (Å²) in [6.07, 6.45) is 0.195. The number of nitrogens with one attached hydrogen (secondary N) is 2. The molecule has 2 atom stereocenters. The molecule has 2 unspecified atom stereocenters. The minimum Gasteiger partial charge on any atom is -0.481 e. The Hall–Kier alpha value is -2.82. The number of carbonyl (C=O) groups excluding carboxylic acids is 2. The lowest BCUT2D eigenvalue weighted by molar-refractivity contribution is -0.127. The number of hydrogen-bond donors (Lipinski definition) is 2. The zero-order chi connectivity index (χ0) is 19.8. The zero-order valence-corrected chi connectivity index (χ0v) is 16.4. The molecule has 0 heterocycles. The summed E-state index contributed by atoms with van der Waals surface area (Å²) in [5.41, 5.74) is 2.72. The third kappa shape index (κ3) is 6.44. The Bertz CT molecular complexity index is 789. The fourth-order valence-corrected chi connectivity index (χ4v) is 2.49. The van der Waals surface area contributed by atoms with Gasteiger partial charge in [-0.15, -0.1) is 0 Å². The number of ether oxygens (including phenoxy) is 1. The van der Waals surface area contributed by atoms with Crippen LogP contribution >= 0.6 is 0 Å². The number of benzene rings is 2. The summed E-state index contributed by atoms with van der Waals surface area (Å²) in [6, 6.07) is 15.1. The van der Waals surface area contributed by atoms with Gasteiger partial charge in [0.05, 0.1) is 0 Å². The van der Waals surface area contributed by atoms with Crippen molar-refractivity contribution in [3.8, 4) is 5.75 Å². The molecule has 2 rings (SSSR count). The Morgan fingerprint density at radius 3 is 2.48 bits per heavy atom. The molecule has 2 aromatic carbocycles. The number of hydrogen-bond acceptors (Lipinski definition) is 3. The molecule has 144 valence electrons. The van der Waals surface area contributed by atoms with Gasteiger partial charge >= 0.3 is 0 Å². The second kappa shape index (κ2) is 9.76. The molecule has 0 fully saturated rings. The minimum atomic E-state index is -0.597. The van der Waals surface area contributed by atoms with Gasteiger partial charge in [-0.2, -0.15) is 0 Å². The van der Waals surface area contributed by atoms with Crippen molar-refractivity contribution in [3.05, 3.63) is 59.7 Å². The van der Waals surface area contributed by atoms with E-state index >= 15 is 0 Å². The van der Waals surface area contributed by atoms with Crippen molar-refractivity contribution in [2.45, 2.75) is 46.8 Å². The van der Waals surface area contributed by atoms with Gasteiger partial charge in [-0.1, -0.05) is 38.1 Å². The maximum Gasteiger partial charge on any atom is 0.261 e. The molecular formula is C22H28N2O3. The van der Waals surface area contributed by atoms with E-state index < -0.39 is 6.10 Å². The topological polar surface area (TPSA) is 67.4 Å². The molecule has 0 aliphatic heterocycles. The largest absolute Gasteiger partial charge is 0.481 e. The highest BCUT2D eigenvalue weighted by Gasteiger charge is 2.15. The van der Waals surface area contributed by atoms with Gasteiger partial charge in [0.2, 0.25) is 5.91 Å². The molecule has 5 nitrogen and oxygen atoms in total. The smallest absolute Gasteiger partial charge is 0.261 e. The molecule has 2 N–H and O–H groups in total. The molecule has 2 aromatic rings. The van der Waals surface area contributed by atoms with Gasteiger partial charge in [0.25, 0.3) is 5.91 Å². The van der Waals surface area contributed by atoms with Crippen molar-refractivity contribution < 1.29 is 14.3 Å². The second-order valence-corrected chi connectivity index (χ2v) is 6.79. The molecule has 27 heavy (non-hydrogen) atoms. The van der Waals surface area contributed by atoms with Crippen molar-refractivity contribution in [2.75, 3.05) is 5.32 Å². The number of anilines is 1. The fourth-order valence-electron chi connectivity index (χ4n) is 2.49. The van der Waals surface area contributed by atoms with E-state index in [2.05, 4.69) is 10.6 Å². The highest BCUT2D eigenvalue weighted by Crippen LogP contribution is 2.15. The molecular weight excluding hydrogens is 340 g/mol. The average Bonchev–Trinajstić information content (AvgIpc) is 2.65. The van der Waals surface area contributed by atoms with E-state index in [1.54, 1.807) is 6.92 Å². The van der Waals surface area contributed by atoms with Crippen LogP contribution in [0.15, 0.2) is 48.5 Å². The van der Waals surface area contributed by atoms with Crippen LogP contribution in [0.4, 0.5) is 5.69 Å². The lowest BCUT2D eigenvalue weighted by Gasteiger charge is -2.15. The van der Waals surface area contributed by atoms with Crippen LogP contribution in [-0.2, 0) is 16.1 Å². The Kier molecular flexibility index (Phi) is 7.41. The summed E-state index contributed by atoms with van der Waals surface area (Å²) in [7, 11) is 0. The van der Waals surface area contributed by atoms with Crippen LogP contribution in [-0.4, -0.2) is 17.9 Å². The van der Waals surface area contributed by atoms with E-state index in [0.717, 1.165) is 23.2 Å². The zero-order valence-electron chi connectivity index (χ0n) is 16.4. The maximum absolute atomic E-state index is 12.3. The molecule has 2 amide bonds. The van der Waals surface area contributed by atoms with Crippen LogP contribution in [0.25, 0.3) is 0 Å². The van der Waals surface area contributed by atoms with Gasteiger partial charge in [-0.25, -0.2) is 0 Å². The Morgan fingerprint density at radius 1 is 1.04 bits per heavy atom. The molecule has 0 aliphatic rings. The molecule has 0 radical (unpaired) electrons. The van der Waals surface area contributed by atoms with Gasteiger partial charge < -0.3 is 15.4 Å². The van der Waals surface area contributed by atoms with Crippen LogP contribution in [0.2, 0.25) is 0 Å². The monoisotopic (exact) mass is 368 g/mol. The van der Waals surface area contributed by atoms with Gasteiger partial charge in [0, 0.05) is 18.2 Å². The van der Waals surface area contributed by atoms with Crippen LogP contribution in [0.1, 0.15) is 38.3 Å². The van der Waals surface area contributed by atoms with E-state index in [-0.39, 0.29) is 17.7 Å². The third-order valence-corrected chi connectivity index (χ3v) is 4.39. The Balaban J connectivity index is 1.89. The summed E-state index contributed by atoms with van der Waals surface area (Å²) in [5, 5.41) is 5.78. The van der Waals surface area contributed by atoms with E-state index in [1.165, 1.54) is 0 Å². The summed E-state index contributed by atoms with van der Waals surface area (Å²) in [5.74, 6) is 0.449. The maximum atomic E-state index is 12.3. The van der Waals surface area contributed by atoms with Crippen LogP contribution in [0, 0.1) is 12.8 Å². The lowest BCUT2D eigenvalue weighted by atomic mass is 10.1. The molecule has 0 saturated heterocycles. The number of amides is 2. The molecule has 0 saturated carbocycles. The number of carbonyl (C=O) groups is 2. The molecule has 5 heteroatoms. The van der Waals surface area contributed by atoms with Crippen molar-refractivity contribution in [3.63, 3.8) is 0 Å². The molecule has 0 bridgehead atoms. The third-order valence-electron chi connectivity index (χ3n) is 4.39. The average molecular weight is 368 g/mol. The highest BCUT2D eigenvalue weighted by atomic mass is 16.5. The van der Waals surface area contributed by atoms with Gasteiger partial charge in [0.15, 0.2) is 6.10 Å². The second-order valence-electron chi connectivity index (χ2n) is 6.79. The summed E-state index contributed by atoms with van der Waals surface area (Å²) >= 11 is 0. The first-order valence-corrected chi connectivity index (χ1v) is 9.30. The molecule has 0 aromatic heterocycles. The van der Waals surface area contributed by atoms with E-state index in [4.69, 9.17) is 4.74 Å². The number of aryl methyl sites for hydroxylation is 1. The van der Waals surface area contributed by atoms with E-state index in [9.17, 15) is 9.59 Å². The summed E-state index contributed by atoms with van der Waals surface area (Å²) < 4.78 is 5.69. The van der Waals surface area contributed by atoms with E-state index in [0.29, 0.717) is 12.3 Å². The standard InChI is InChI=1S/C22H28N2O3/c1-5-16(3)21(25)24-19-10-7-9-18(13-19)14-23-22(26)17(4)27-20-11-6-8-15(2)12-20/h6-13,16-17H,5,14H2,1-4H3,(H,23,26)(H,24,25). The van der Waals surface area contributed by atoms with Gasteiger partial charge in [-0.05, 0) is 55.7 Å². The van der Waals surface area contributed by atoms with Crippen LogP contribution < -0.4 is 15.4 Å². The number of rotatable bonds is 8. The van der Waals surface area contributed by atoms with Crippen molar-refractivity contribution >= 4 is 17.5 Å². The SMILES string of the molecule is CCC(C)C(=O)Nc1cccc(CNC(=O)C(C)Oc2cccc(C)c2)c1. The van der Waals surface area contributed by atoms with Gasteiger partial charge in [0.1, 0.15) is 5.75 Å². The molecule has 0 aliphatic carbocycles. The first kappa shape index (κ1) is 20.5. The predicted octanol–water partition coefficient (Wildman–Crippen LogP) is 4.06. The molecule has 0 spiro atoms. The Morgan fingerprint density at radius 2 is 1.78 bits per heavy atom. The van der Waals surface area contributed by atoms with Crippen molar-refractivity contribution in [2.24, 2.45) is 5.92 Å².